The molecule has 0 bridgehead atoms. The van der Waals surface area contributed by atoms with Gasteiger partial charge in [-0.2, -0.15) is 0 Å². The Morgan fingerprint density at radius 2 is 2.54 bits per heavy atom. The van der Waals surface area contributed by atoms with Crippen LogP contribution in [0.3, 0.4) is 0 Å². The van der Waals surface area contributed by atoms with Crippen LogP contribution in [0.5, 0.6) is 0 Å². The molecular weight excluding hydrogens is 190 g/mol. The first-order valence-electron chi connectivity index (χ1n) is 3.75. The first-order valence-corrected chi connectivity index (χ1v) is 4.63. The van der Waals surface area contributed by atoms with Crippen LogP contribution < -0.4 is 0 Å². The molecule has 1 heterocycles. The molecule has 0 aliphatic heterocycles. The van der Waals surface area contributed by atoms with Crippen LogP contribution in [0.25, 0.3) is 6.08 Å². The van der Waals surface area contributed by atoms with Crippen LogP contribution in [0.15, 0.2) is 17.7 Å². The highest BCUT2D eigenvalue weighted by molar-refractivity contribution is 7.13. The third-order valence-electron chi connectivity index (χ3n) is 1.35. The van der Waals surface area contributed by atoms with Gasteiger partial charge in [-0.3, -0.25) is 10.1 Å². The van der Waals surface area contributed by atoms with E-state index in [4.69, 9.17) is 4.74 Å². The molecule has 0 unspecified atom stereocenters. The summed E-state index contributed by atoms with van der Waals surface area (Å²) in [5.74, 6) is 0. The van der Waals surface area contributed by atoms with Gasteiger partial charge in [0, 0.05) is 0 Å². The molecule has 4 nitrogen and oxygen atoms in total. The van der Waals surface area contributed by atoms with Crippen molar-refractivity contribution in [3.05, 3.63) is 33.4 Å². The molecule has 1 rings (SSSR count). The Morgan fingerprint density at radius 3 is 3.15 bits per heavy atom. The van der Waals surface area contributed by atoms with E-state index in [-0.39, 0.29) is 5.00 Å². The number of hydrogen-bond donors (Lipinski definition) is 0. The number of rotatable bonds is 4. The lowest BCUT2D eigenvalue weighted by molar-refractivity contribution is -0.380. The van der Waals surface area contributed by atoms with Gasteiger partial charge in [-0.15, -0.1) is 0 Å². The Morgan fingerprint density at radius 1 is 1.77 bits per heavy atom. The maximum atomic E-state index is 10.5. The molecule has 1 aromatic heterocycles. The molecule has 0 fully saturated rings. The van der Waals surface area contributed by atoms with E-state index in [0.717, 1.165) is 11.3 Å². The molecule has 0 radical (unpaired) electrons. The first kappa shape index (κ1) is 9.73. The fourth-order valence-corrected chi connectivity index (χ4v) is 1.51. The van der Waals surface area contributed by atoms with Gasteiger partial charge in [-0.25, -0.2) is 0 Å². The number of ether oxygens (including phenoxy) is 1. The van der Waals surface area contributed by atoms with Gasteiger partial charge in [0.15, 0.2) is 0 Å². The number of nitrogens with zero attached hydrogens (tertiary/aromatic N) is 1. The van der Waals surface area contributed by atoms with Crippen LogP contribution in [0.1, 0.15) is 12.5 Å². The van der Waals surface area contributed by atoms with Gasteiger partial charge in [0.25, 0.3) is 0 Å². The minimum absolute atomic E-state index is 0.149. The molecule has 0 spiro atoms. The van der Waals surface area contributed by atoms with Crippen LogP contribution in [-0.4, -0.2) is 11.5 Å². The van der Waals surface area contributed by atoms with Crippen LogP contribution in [0.2, 0.25) is 0 Å². The summed E-state index contributed by atoms with van der Waals surface area (Å²) in [5.41, 5.74) is 0.587. The predicted molar refractivity (Wildman–Crippen MR) is 51.6 cm³/mol. The summed E-state index contributed by atoms with van der Waals surface area (Å²) in [7, 11) is 0. The van der Waals surface area contributed by atoms with E-state index in [1.54, 1.807) is 17.5 Å². The third kappa shape index (κ3) is 2.55. The molecule has 0 amide bonds. The molecule has 0 saturated heterocycles. The van der Waals surface area contributed by atoms with Gasteiger partial charge in [0.05, 0.1) is 23.4 Å². The monoisotopic (exact) mass is 199 g/mol. The summed E-state index contributed by atoms with van der Waals surface area (Å²) in [6, 6.07) is 1.69. The summed E-state index contributed by atoms with van der Waals surface area (Å²) in [4.78, 5) is 10.1. The Balaban J connectivity index is 2.76. The third-order valence-corrected chi connectivity index (χ3v) is 2.23. The molecule has 0 saturated carbocycles. The van der Waals surface area contributed by atoms with Crippen LogP contribution in [0.4, 0.5) is 5.00 Å². The Hall–Kier alpha value is -1.36. The van der Waals surface area contributed by atoms with E-state index >= 15 is 0 Å². The molecule has 0 aliphatic rings. The van der Waals surface area contributed by atoms with E-state index in [1.165, 1.54) is 6.26 Å². The van der Waals surface area contributed by atoms with Crippen molar-refractivity contribution in [2.45, 2.75) is 6.92 Å². The van der Waals surface area contributed by atoms with E-state index in [0.29, 0.717) is 12.2 Å². The van der Waals surface area contributed by atoms with Crippen molar-refractivity contribution in [3.8, 4) is 0 Å². The average Bonchev–Trinajstić information content (AvgIpc) is 2.53. The second-order valence-electron chi connectivity index (χ2n) is 2.20. The van der Waals surface area contributed by atoms with E-state index in [1.807, 2.05) is 6.92 Å². The van der Waals surface area contributed by atoms with Crippen LogP contribution >= 0.6 is 11.3 Å². The molecule has 70 valence electrons. The molecule has 0 N–H and O–H groups in total. The highest BCUT2D eigenvalue weighted by Gasteiger charge is 2.12. The maximum absolute atomic E-state index is 10.5. The fraction of sp³-hybridized carbons (Fsp3) is 0.250. The quantitative estimate of drug-likeness (QED) is 0.425. The SMILES string of the molecule is CCOC=Cc1ccsc1[N+](=O)[O-]. The second kappa shape index (κ2) is 4.61. The van der Waals surface area contributed by atoms with Crippen LogP contribution in [0, 0.1) is 10.1 Å². The smallest absolute Gasteiger partial charge is 0.331 e. The highest BCUT2D eigenvalue weighted by atomic mass is 32.1. The molecule has 0 aliphatic carbocycles. The summed E-state index contributed by atoms with van der Waals surface area (Å²) in [6.45, 7) is 2.42. The molecule has 0 aromatic carbocycles. The van der Waals surface area contributed by atoms with Gasteiger partial charge in [-0.1, -0.05) is 11.3 Å². The normalized spacial score (nSPS) is 10.5. The van der Waals surface area contributed by atoms with E-state index in [9.17, 15) is 10.1 Å². The van der Waals surface area contributed by atoms with Crippen molar-refractivity contribution in [1.29, 1.82) is 0 Å². The second-order valence-corrected chi connectivity index (χ2v) is 3.09. The number of nitro groups is 1. The zero-order chi connectivity index (χ0) is 9.68. The maximum Gasteiger partial charge on any atom is 0.331 e. The first-order chi connectivity index (χ1) is 6.25. The largest absolute Gasteiger partial charge is 0.501 e. The summed E-state index contributed by atoms with van der Waals surface area (Å²) < 4.78 is 4.94. The number of thiophene rings is 1. The fourth-order valence-electron chi connectivity index (χ4n) is 0.804. The average molecular weight is 199 g/mol. The van der Waals surface area contributed by atoms with Crippen molar-refractivity contribution in [3.63, 3.8) is 0 Å². The van der Waals surface area contributed by atoms with E-state index in [2.05, 4.69) is 0 Å². The van der Waals surface area contributed by atoms with E-state index < -0.39 is 4.92 Å². The topological polar surface area (TPSA) is 52.4 Å². The van der Waals surface area contributed by atoms with Crippen LogP contribution in [-0.2, 0) is 4.74 Å². The summed E-state index contributed by atoms with van der Waals surface area (Å²) in [5, 5.41) is 12.3. The van der Waals surface area contributed by atoms with Crippen molar-refractivity contribution >= 4 is 22.4 Å². The lowest BCUT2D eigenvalue weighted by Gasteiger charge is -1.91. The van der Waals surface area contributed by atoms with Crippen molar-refractivity contribution < 1.29 is 9.66 Å². The Kier molecular flexibility index (Phi) is 3.45. The van der Waals surface area contributed by atoms with Crippen molar-refractivity contribution in [2.75, 3.05) is 6.61 Å². The van der Waals surface area contributed by atoms with Gasteiger partial charge in [0.2, 0.25) is 0 Å². The standard InChI is InChI=1S/C8H9NO3S/c1-2-12-5-3-7-4-6-13-8(7)9(10)11/h3-6H,2H2,1H3. The minimum Gasteiger partial charge on any atom is -0.501 e. The summed E-state index contributed by atoms with van der Waals surface area (Å²) >= 11 is 1.11. The zero-order valence-corrected chi connectivity index (χ0v) is 7.91. The molecule has 5 heteroatoms. The van der Waals surface area contributed by atoms with Gasteiger partial charge in [0.1, 0.15) is 0 Å². The molecule has 0 atom stereocenters. The number of hydrogen-bond acceptors (Lipinski definition) is 4. The highest BCUT2D eigenvalue weighted by Crippen LogP contribution is 2.26. The summed E-state index contributed by atoms with van der Waals surface area (Å²) in [6.07, 6.45) is 3.06. The van der Waals surface area contributed by atoms with Crippen molar-refractivity contribution in [1.82, 2.24) is 0 Å². The van der Waals surface area contributed by atoms with Gasteiger partial charge in [-0.05, 0) is 24.4 Å². The Bertz CT molecular complexity index is 319. The lowest BCUT2D eigenvalue weighted by Crippen LogP contribution is -1.85. The lowest BCUT2D eigenvalue weighted by atomic mass is 10.3. The predicted octanol–water partition coefficient (Wildman–Crippen LogP) is 2.66. The zero-order valence-electron chi connectivity index (χ0n) is 7.10. The molecule has 1 aromatic rings. The minimum atomic E-state index is -0.393. The molecule has 13 heavy (non-hydrogen) atoms. The Labute approximate surface area is 79.6 Å². The van der Waals surface area contributed by atoms with Gasteiger partial charge >= 0.3 is 5.00 Å². The van der Waals surface area contributed by atoms with Gasteiger partial charge < -0.3 is 4.74 Å². The molecular formula is C8H9NO3S. The van der Waals surface area contributed by atoms with Crippen molar-refractivity contribution in [2.24, 2.45) is 0 Å².